The van der Waals surface area contributed by atoms with Crippen LogP contribution in [0.5, 0.6) is 0 Å². The van der Waals surface area contributed by atoms with Gasteiger partial charge < -0.3 is 31.1 Å². The topological polar surface area (TPSA) is 163 Å². The van der Waals surface area contributed by atoms with Gasteiger partial charge in [0.25, 0.3) is 11.5 Å². The van der Waals surface area contributed by atoms with Gasteiger partial charge >= 0.3 is 6.03 Å². The van der Waals surface area contributed by atoms with Gasteiger partial charge in [0.15, 0.2) is 0 Å². The highest BCUT2D eigenvalue weighted by atomic mass is 16.2. The summed E-state index contributed by atoms with van der Waals surface area (Å²) in [5.74, 6) is -1.02. The number of amides is 4. The molecule has 11 nitrogen and oxygen atoms in total. The highest BCUT2D eigenvalue weighted by Gasteiger charge is 2.13. The lowest BCUT2D eigenvalue weighted by molar-refractivity contribution is -0.117. The standard InChI is InChI=1S/C17H17N7O4/c18-13(25)4-5-20-17(28)22-11-3-1-2-10(8-11)21-15(26)12-9-24-7-6-19-16(27)14(24)23-12/h1-3,6-9H,4-5H2,(H2,18,25)(H,19,27)(H,21,26)(H2,20,22,28). The smallest absolute Gasteiger partial charge is 0.319 e. The third kappa shape index (κ3) is 4.52. The predicted molar refractivity (Wildman–Crippen MR) is 101 cm³/mol. The number of aromatic nitrogens is 3. The SMILES string of the molecule is NC(=O)CCNC(=O)Nc1cccc(NC(=O)c2cn3cc[nH]c(=O)c3n2)c1. The van der Waals surface area contributed by atoms with Crippen molar-refractivity contribution < 1.29 is 14.4 Å². The second-order valence-electron chi connectivity index (χ2n) is 5.78. The minimum Gasteiger partial charge on any atom is -0.370 e. The highest BCUT2D eigenvalue weighted by molar-refractivity contribution is 6.03. The normalized spacial score (nSPS) is 10.4. The predicted octanol–water partition coefficient (Wildman–Crippen LogP) is 0.272. The number of fused-ring (bicyclic) bond motifs is 1. The molecule has 28 heavy (non-hydrogen) atoms. The summed E-state index contributed by atoms with van der Waals surface area (Å²) in [6.07, 6.45) is 4.49. The van der Waals surface area contributed by atoms with Crippen molar-refractivity contribution in [3.63, 3.8) is 0 Å². The lowest BCUT2D eigenvalue weighted by Gasteiger charge is -2.09. The summed E-state index contributed by atoms with van der Waals surface area (Å²) in [5.41, 5.74) is 5.62. The summed E-state index contributed by atoms with van der Waals surface area (Å²) in [7, 11) is 0. The van der Waals surface area contributed by atoms with Crippen LogP contribution in [-0.4, -0.2) is 38.8 Å². The van der Waals surface area contributed by atoms with E-state index in [1.54, 1.807) is 30.5 Å². The van der Waals surface area contributed by atoms with Crippen LogP contribution in [-0.2, 0) is 4.79 Å². The van der Waals surface area contributed by atoms with Gasteiger partial charge in [-0.2, -0.15) is 0 Å². The van der Waals surface area contributed by atoms with Gasteiger partial charge in [-0.05, 0) is 18.2 Å². The van der Waals surface area contributed by atoms with Crippen LogP contribution >= 0.6 is 0 Å². The first-order valence-electron chi connectivity index (χ1n) is 8.23. The van der Waals surface area contributed by atoms with Crippen molar-refractivity contribution in [1.82, 2.24) is 19.7 Å². The summed E-state index contributed by atoms with van der Waals surface area (Å²) in [5, 5.41) is 7.72. The Bertz CT molecular complexity index is 1100. The van der Waals surface area contributed by atoms with Crippen LogP contribution in [0.25, 0.3) is 5.65 Å². The number of nitrogens with zero attached hydrogens (tertiary/aromatic N) is 2. The van der Waals surface area contributed by atoms with E-state index in [2.05, 4.69) is 25.9 Å². The van der Waals surface area contributed by atoms with E-state index in [1.807, 2.05) is 0 Å². The molecule has 3 rings (SSSR count). The van der Waals surface area contributed by atoms with Crippen molar-refractivity contribution in [2.24, 2.45) is 5.73 Å². The number of anilines is 2. The van der Waals surface area contributed by atoms with Crippen LogP contribution in [0.3, 0.4) is 0 Å². The summed E-state index contributed by atoms with van der Waals surface area (Å²) in [6.45, 7) is 0.116. The molecule has 0 radical (unpaired) electrons. The maximum absolute atomic E-state index is 12.4. The third-order valence-electron chi connectivity index (χ3n) is 3.65. The fourth-order valence-corrected chi connectivity index (χ4v) is 2.39. The lowest BCUT2D eigenvalue weighted by atomic mass is 10.2. The molecule has 0 saturated heterocycles. The van der Waals surface area contributed by atoms with Gasteiger partial charge in [0.05, 0.1) is 0 Å². The highest BCUT2D eigenvalue weighted by Crippen LogP contribution is 2.16. The van der Waals surface area contributed by atoms with E-state index < -0.39 is 23.4 Å². The Hall–Kier alpha value is -4.15. The van der Waals surface area contributed by atoms with Gasteiger partial charge in [0.2, 0.25) is 11.6 Å². The number of carbonyl (C=O) groups is 3. The van der Waals surface area contributed by atoms with Crippen LogP contribution in [0.15, 0.2) is 47.7 Å². The molecule has 0 aliphatic carbocycles. The molecule has 0 aliphatic rings. The van der Waals surface area contributed by atoms with E-state index in [1.165, 1.54) is 16.8 Å². The average Bonchev–Trinajstić information content (AvgIpc) is 3.07. The molecule has 0 spiro atoms. The molecule has 1 aromatic carbocycles. The maximum atomic E-state index is 12.4. The zero-order chi connectivity index (χ0) is 20.1. The first-order chi connectivity index (χ1) is 13.4. The number of nitrogens with two attached hydrogens (primary N) is 1. The molecule has 3 aromatic rings. The average molecular weight is 383 g/mol. The Balaban J connectivity index is 1.65. The first-order valence-corrected chi connectivity index (χ1v) is 8.23. The molecule has 0 aliphatic heterocycles. The first kappa shape index (κ1) is 18.6. The molecule has 6 N–H and O–H groups in total. The summed E-state index contributed by atoms with van der Waals surface area (Å²) >= 11 is 0. The van der Waals surface area contributed by atoms with Crippen molar-refractivity contribution in [1.29, 1.82) is 0 Å². The summed E-state index contributed by atoms with van der Waals surface area (Å²) in [6, 6.07) is 5.95. The minimum atomic E-state index is -0.515. The van der Waals surface area contributed by atoms with Crippen LogP contribution in [0.2, 0.25) is 0 Å². The number of primary amides is 1. The van der Waals surface area contributed by atoms with Crippen molar-refractivity contribution in [2.45, 2.75) is 6.42 Å². The molecule has 0 fully saturated rings. The third-order valence-corrected chi connectivity index (χ3v) is 3.65. The molecule has 0 unspecified atom stereocenters. The summed E-state index contributed by atoms with van der Waals surface area (Å²) < 4.78 is 1.45. The zero-order valence-electron chi connectivity index (χ0n) is 14.6. The molecule has 0 saturated carbocycles. The van der Waals surface area contributed by atoms with Gasteiger partial charge in [-0.15, -0.1) is 0 Å². The van der Waals surface area contributed by atoms with E-state index in [0.29, 0.717) is 11.4 Å². The molecule has 4 amide bonds. The lowest BCUT2D eigenvalue weighted by Crippen LogP contribution is -2.31. The number of rotatable bonds is 6. The molecule has 11 heteroatoms. The largest absolute Gasteiger partial charge is 0.370 e. The number of carbonyl (C=O) groups excluding carboxylic acids is 3. The van der Waals surface area contributed by atoms with Crippen LogP contribution in [0.1, 0.15) is 16.9 Å². The molecule has 0 atom stereocenters. The number of hydrogen-bond donors (Lipinski definition) is 5. The second-order valence-corrected chi connectivity index (χ2v) is 5.78. The van der Waals surface area contributed by atoms with Crippen molar-refractivity contribution >= 4 is 34.9 Å². The Morgan fingerprint density at radius 3 is 2.64 bits per heavy atom. The van der Waals surface area contributed by atoms with Gasteiger partial charge in [-0.1, -0.05) is 6.07 Å². The number of H-pyrrole nitrogens is 1. The second kappa shape index (κ2) is 8.03. The number of aromatic amines is 1. The van der Waals surface area contributed by atoms with E-state index >= 15 is 0 Å². The van der Waals surface area contributed by atoms with E-state index in [0.717, 1.165) is 0 Å². The van der Waals surface area contributed by atoms with E-state index in [4.69, 9.17) is 5.73 Å². The number of hydrogen-bond acceptors (Lipinski definition) is 5. The Kier molecular flexibility index (Phi) is 5.35. The Morgan fingerprint density at radius 2 is 1.93 bits per heavy atom. The van der Waals surface area contributed by atoms with Gasteiger partial charge in [-0.3, -0.25) is 14.4 Å². The number of urea groups is 1. The maximum Gasteiger partial charge on any atom is 0.319 e. The zero-order valence-corrected chi connectivity index (χ0v) is 14.6. The molecule has 0 bridgehead atoms. The Labute approximate surface area is 158 Å². The number of benzene rings is 1. The quantitative estimate of drug-likeness (QED) is 0.412. The monoisotopic (exact) mass is 383 g/mol. The van der Waals surface area contributed by atoms with Gasteiger partial charge in [0.1, 0.15) is 5.69 Å². The van der Waals surface area contributed by atoms with Crippen LogP contribution < -0.4 is 27.2 Å². The van der Waals surface area contributed by atoms with Crippen molar-refractivity contribution in [3.8, 4) is 0 Å². The minimum absolute atomic E-state index is 0.0331. The molecule has 2 aromatic heterocycles. The Morgan fingerprint density at radius 1 is 1.18 bits per heavy atom. The van der Waals surface area contributed by atoms with Gasteiger partial charge in [0, 0.05) is 42.9 Å². The molecule has 2 heterocycles. The molecule has 144 valence electrons. The van der Waals surface area contributed by atoms with Crippen LogP contribution in [0.4, 0.5) is 16.2 Å². The van der Waals surface area contributed by atoms with Crippen molar-refractivity contribution in [3.05, 3.63) is 58.9 Å². The van der Waals surface area contributed by atoms with E-state index in [-0.39, 0.29) is 24.3 Å². The molecular formula is C17H17N7O4. The fraction of sp³-hybridized carbons (Fsp3) is 0.118. The van der Waals surface area contributed by atoms with E-state index in [9.17, 15) is 19.2 Å². The van der Waals surface area contributed by atoms with Gasteiger partial charge in [-0.25, -0.2) is 9.78 Å². The number of nitrogens with one attached hydrogen (secondary N) is 4. The molecular weight excluding hydrogens is 366 g/mol. The van der Waals surface area contributed by atoms with Crippen molar-refractivity contribution in [2.75, 3.05) is 17.2 Å². The fourth-order valence-electron chi connectivity index (χ4n) is 2.39. The number of imidazole rings is 1. The summed E-state index contributed by atoms with van der Waals surface area (Å²) in [4.78, 5) is 53.0. The van der Waals surface area contributed by atoms with Crippen LogP contribution in [0, 0.1) is 0 Å².